The molecule has 0 spiro atoms. The minimum atomic E-state index is 0.257. The van der Waals surface area contributed by atoms with Gasteiger partial charge in [-0.25, -0.2) is 4.98 Å². The van der Waals surface area contributed by atoms with Crippen LogP contribution < -0.4 is 10.6 Å². The lowest BCUT2D eigenvalue weighted by Crippen LogP contribution is -2.27. The minimum Gasteiger partial charge on any atom is -0.382 e. The van der Waals surface area contributed by atoms with Crippen LogP contribution in [0, 0.1) is 6.92 Å². The molecule has 0 saturated carbocycles. The SMILES string of the molecule is Cc1c2c(nn1C)-c1ccnc(N)c1N(C)C2C. The molecule has 18 heavy (non-hydrogen) atoms. The molecular weight excluding hydrogens is 226 g/mol. The van der Waals surface area contributed by atoms with Gasteiger partial charge in [0.1, 0.15) is 11.5 Å². The Balaban J connectivity index is 2.38. The lowest BCUT2D eigenvalue weighted by atomic mass is 9.94. The van der Waals surface area contributed by atoms with Gasteiger partial charge in [-0.2, -0.15) is 5.10 Å². The fraction of sp³-hybridized carbons (Fsp3) is 0.385. The summed E-state index contributed by atoms with van der Waals surface area (Å²) in [6.45, 7) is 4.27. The smallest absolute Gasteiger partial charge is 0.147 e. The number of aromatic nitrogens is 3. The highest BCUT2D eigenvalue weighted by molar-refractivity contribution is 5.88. The second-order valence-electron chi connectivity index (χ2n) is 4.85. The highest BCUT2D eigenvalue weighted by atomic mass is 15.3. The zero-order valence-electron chi connectivity index (χ0n) is 11.1. The Bertz CT molecular complexity index is 629. The molecule has 1 atom stereocenters. The van der Waals surface area contributed by atoms with Gasteiger partial charge in [-0.1, -0.05) is 0 Å². The van der Waals surface area contributed by atoms with Crippen molar-refractivity contribution in [2.24, 2.45) is 7.05 Å². The van der Waals surface area contributed by atoms with Crippen molar-refractivity contribution >= 4 is 11.5 Å². The molecule has 2 N–H and O–H groups in total. The van der Waals surface area contributed by atoms with Crippen LogP contribution in [0.15, 0.2) is 12.3 Å². The normalized spacial score (nSPS) is 17.6. The summed E-state index contributed by atoms with van der Waals surface area (Å²) in [6.07, 6.45) is 1.74. The van der Waals surface area contributed by atoms with E-state index < -0.39 is 0 Å². The van der Waals surface area contributed by atoms with E-state index in [-0.39, 0.29) is 6.04 Å². The number of hydrogen-bond donors (Lipinski definition) is 1. The van der Waals surface area contributed by atoms with Gasteiger partial charge < -0.3 is 10.6 Å². The summed E-state index contributed by atoms with van der Waals surface area (Å²) in [6, 6.07) is 2.24. The first kappa shape index (κ1) is 11.1. The van der Waals surface area contributed by atoms with Gasteiger partial charge in [0.15, 0.2) is 0 Å². The Labute approximate surface area is 106 Å². The van der Waals surface area contributed by atoms with Crippen LogP contribution in [0.3, 0.4) is 0 Å². The van der Waals surface area contributed by atoms with Crippen molar-refractivity contribution in [3.05, 3.63) is 23.5 Å². The number of anilines is 2. The van der Waals surface area contributed by atoms with Crippen molar-refractivity contribution in [2.75, 3.05) is 17.7 Å². The van der Waals surface area contributed by atoms with Crippen molar-refractivity contribution in [1.82, 2.24) is 14.8 Å². The molecule has 2 aromatic heterocycles. The fourth-order valence-electron chi connectivity index (χ4n) is 2.74. The van der Waals surface area contributed by atoms with E-state index in [9.17, 15) is 0 Å². The number of nitrogen functional groups attached to an aromatic ring is 1. The molecule has 1 aliphatic rings. The molecule has 0 aromatic carbocycles. The largest absolute Gasteiger partial charge is 0.382 e. The predicted octanol–water partition coefficient (Wildman–Crippen LogP) is 1.88. The molecule has 94 valence electrons. The van der Waals surface area contributed by atoms with Crippen LogP contribution in [0.4, 0.5) is 11.5 Å². The summed E-state index contributed by atoms with van der Waals surface area (Å²) >= 11 is 0. The van der Waals surface area contributed by atoms with Gasteiger partial charge in [0.25, 0.3) is 0 Å². The summed E-state index contributed by atoms with van der Waals surface area (Å²) < 4.78 is 1.93. The monoisotopic (exact) mass is 243 g/mol. The van der Waals surface area contributed by atoms with Gasteiger partial charge >= 0.3 is 0 Å². The maximum absolute atomic E-state index is 6.01. The first-order chi connectivity index (χ1) is 8.52. The molecule has 1 unspecified atom stereocenters. The van der Waals surface area contributed by atoms with E-state index in [2.05, 4.69) is 35.9 Å². The Hall–Kier alpha value is -2.04. The molecule has 3 heterocycles. The van der Waals surface area contributed by atoms with Crippen molar-refractivity contribution in [3.63, 3.8) is 0 Å². The van der Waals surface area contributed by atoms with E-state index in [4.69, 9.17) is 5.73 Å². The second-order valence-corrected chi connectivity index (χ2v) is 4.85. The van der Waals surface area contributed by atoms with Crippen molar-refractivity contribution in [1.29, 1.82) is 0 Å². The van der Waals surface area contributed by atoms with E-state index in [0.717, 1.165) is 16.9 Å². The lowest BCUT2D eigenvalue weighted by Gasteiger charge is -2.34. The summed E-state index contributed by atoms with van der Waals surface area (Å²) in [5.74, 6) is 0.566. The molecule has 5 heteroatoms. The fourth-order valence-corrected chi connectivity index (χ4v) is 2.74. The number of aryl methyl sites for hydroxylation is 1. The topological polar surface area (TPSA) is 60.0 Å². The van der Waals surface area contributed by atoms with Crippen LogP contribution in [0.5, 0.6) is 0 Å². The van der Waals surface area contributed by atoms with E-state index in [0.29, 0.717) is 5.82 Å². The van der Waals surface area contributed by atoms with E-state index in [1.54, 1.807) is 6.20 Å². The number of fused-ring (bicyclic) bond motifs is 3. The Morgan fingerprint density at radius 1 is 1.33 bits per heavy atom. The number of hydrogen-bond acceptors (Lipinski definition) is 4. The quantitative estimate of drug-likeness (QED) is 0.767. The highest BCUT2D eigenvalue weighted by Gasteiger charge is 2.32. The van der Waals surface area contributed by atoms with Crippen molar-refractivity contribution in [2.45, 2.75) is 19.9 Å². The molecule has 0 bridgehead atoms. The number of nitrogens with two attached hydrogens (primary N) is 1. The van der Waals surface area contributed by atoms with Crippen LogP contribution in [0.2, 0.25) is 0 Å². The number of nitrogens with zero attached hydrogens (tertiary/aromatic N) is 4. The molecule has 0 saturated heterocycles. The lowest BCUT2D eigenvalue weighted by molar-refractivity contribution is 0.712. The number of rotatable bonds is 0. The van der Waals surface area contributed by atoms with Crippen LogP contribution in [-0.2, 0) is 7.05 Å². The van der Waals surface area contributed by atoms with Crippen LogP contribution >= 0.6 is 0 Å². The number of pyridine rings is 1. The summed E-state index contributed by atoms with van der Waals surface area (Å²) in [5.41, 5.74) is 11.6. The Kier molecular flexibility index (Phi) is 2.14. The van der Waals surface area contributed by atoms with Gasteiger partial charge in [-0.05, 0) is 19.9 Å². The average molecular weight is 243 g/mol. The summed E-state index contributed by atoms with van der Waals surface area (Å²) in [4.78, 5) is 6.36. The van der Waals surface area contributed by atoms with Crippen LogP contribution in [0.25, 0.3) is 11.3 Å². The van der Waals surface area contributed by atoms with E-state index in [1.807, 2.05) is 17.8 Å². The minimum absolute atomic E-state index is 0.257. The standard InChI is InChI=1S/C13H17N5/c1-7-10-8(2)18(4)16-11(10)9-5-6-15-13(14)12(9)17(7)3/h5-7H,1-4H3,(H2,14,15). The van der Waals surface area contributed by atoms with E-state index >= 15 is 0 Å². The second kappa shape index (κ2) is 3.48. The van der Waals surface area contributed by atoms with Crippen LogP contribution in [0.1, 0.15) is 24.2 Å². The molecule has 0 radical (unpaired) electrons. The maximum atomic E-state index is 6.01. The predicted molar refractivity (Wildman–Crippen MR) is 72.4 cm³/mol. The highest BCUT2D eigenvalue weighted by Crippen LogP contribution is 2.45. The molecule has 5 nitrogen and oxygen atoms in total. The van der Waals surface area contributed by atoms with Gasteiger partial charge in [-0.3, -0.25) is 4.68 Å². The van der Waals surface area contributed by atoms with Gasteiger partial charge in [0, 0.05) is 37.1 Å². The Morgan fingerprint density at radius 2 is 2.06 bits per heavy atom. The third-order valence-corrected chi connectivity index (χ3v) is 3.94. The van der Waals surface area contributed by atoms with Gasteiger partial charge in [0.05, 0.1) is 11.7 Å². The van der Waals surface area contributed by atoms with Gasteiger partial charge in [0.2, 0.25) is 0 Å². The summed E-state index contributed by atoms with van der Waals surface area (Å²) in [7, 11) is 4.03. The van der Waals surface area contributed by atoms with Crippen molar-refractivity contribution < 1.29 is 0 Å². The molecule has 0 fully saturated rings. The zero-order valence-corrected chi connectivity index (χ0v) is 11.1. The molecule has 2 aromatic rings. The molecular formula is C13H17N5. The molecule has 1 aliphatic heterocycles. The van der Waals surface area contributed by atoms with Crippen molar-refractivity contribution in [3.8, 4) is 11.3 Å². The zero-order chi connectivity index (χ0) is 13.0. The van der Waals surface area contributed by atoms with Crippen LogP contribution in [-0.4, -0.2) is 21.8 Å². The molecule has 0 aliphatic carbocycles. The first-order valence-corrected chi connectivity index (χ1v) is 6.03. The summed E-state index contributed by atoms with van der Waals surface area (Å²) in [5, 5.41) is 4.62. The molecule has 0 amide bonds. The first-order valence-electron chi connectivity index (χ1n) is 6.03. The third kappa shape index (κ3) is 1.21. The third-order valence-electron chi connectivity index (χ3n) is 3.94. The Morgan fingerprint density at radius 3 is 2.78 bits per heavy atom. The molecule has 3 rings (SSSR count). The maximum Gasteiger partial charge on any atom is 0.147 e. The average Bonchev–Trinajstić information content (AvgIpc) is 2.63. The van der Waals surface area contributed by atoms with Gasteiger partial charge in [-0.15, -0.1) is 0 Å². The van der Waals surface area contributed by atoms with E-state index in [1.165, 1.54) is 11.3 Å².